The molecule has 98 valence electrons. The average Bonchev–Trinajstić information content (AvgIpc) is 2.37. The number of hydrogen-bond donors (Lipinski definition) is 1. The lowest BCUT2D eigenvalue weighted by Gasteiger charge is -2.26. The zero-order chi connectivity index (χ0) is 13.2. The summed E-state index contributed by atoms with van der Waals surface area (Å²) in [5.74, 6) is 0.488. The summed E-state index contributed by atoms with van der Waals surface area (Å²) < 4.78 is 13.8. The number of rotatable bonds is 3. The fourth-order valence-electron chi connectivity index (χ4n) is 2.61. The van der Waals surface area contributed by atoms with Gasteiger partial charge in [-0.2, -0.15) is 0 Å². The Morgan fingerprint density at radius 1 is 1.05 bits per heavy atom. The van der Waals surface area contributed by atoms with Gasteiger partial charge in [0.15, 0.2) is 0 Å². The molecule has 0 unspecified atom stereocenters. The zero-order valence-corrected chi connectivity index (χ0v) is 10.9. The van der Waals surface area contributed by atoms with Gasteiger partial charge in [-0.05, 0) is 41.5 Å². The van der Waals surface area contributed by atoms with Gasteiger partial charge in [-0.3, -0.25) is 0 Å². The minimum Gasteiger partial charge on any atom is -0.326 e. The van der Waals surface area contributed by atoms with Crippen molar-refractivity contribution in [3.63, 3.8) is 0 Å². The largest absolute Gasteiger partial charge is 0.326 e. The molecule has 0 aliphatic heterocycles. The monoisotopic (exact) mass is 255 g/mol. The van der Waals surface area contributed by atoms with E-state index in [4.69, 9.17) is 5.73 Å². The van der Waals surface area contributed by atoms with Crippen LogP contribution in [0.3, 0.4) is 0 Å². The molecule has 0 amide bonds. The van der Waals surface area contributed by atoms with Crippen LogP contribution in [0.2, 0.25) is 0 Å². The minimum atomic E-state index is -0.214. The Hall–Kier alpha value is -1.67. The molecule has 0 radical (unpaired) electrons. The third kappa shape index (κ3) is 2.41. The molecule has 0 saturated heterocycles. The third-order valence-electron chi connectivity index (χ3n) is 4.07. The molecule has 0 atom stereocenters. The predicted octanol–water partition coefficient (Wildman–Crippen LogP) is 4.22. The van der Waals surface area contributed by atoms with Crippen LogP contribution in [-0.4, -0.2) is 0 Å². The molecule has 0 aromatic heterocycles. The molecule has 1 aliphatic carbocycles. The summed E-state index contributed by atoms with van der Waals surface area (Å²) in [6.07, 6.45) is 3.89. The highest BCUT2D eigenvalue weighted by atomic mass is 19.1. The van der Waals surface area contributed by atoms with E-state index in [0.717, 1.165) is 11.1 Å². The lowest BCUT2D eigenvalue weighted by molar-refractivity contribution is 0.420. The number of hydrogen-bond acceptors (Lipinski definition) is 1. The highest BCUT2D eigenvalue weighted by molar-refractivity contribution is 5.65. The summed E-state index contributed by atoms with van der Waals surface area (Å²) in [5.41, 5.74) is 9.46. The van der Waals surface area contributed by atoms with E-state index in [9.17, 15) is 4.39 Å². The van der Waals surface area contributed by atoms with Gasteiger partial charge in [0, 0.05) is 12.1 Å². The van der Waals surface area contributed by atoms with Crippen molar-refractivity contribution in [3.05, 3.63) is 59.4 Å². The third-order valence-corrected chi connectivity index (χ3v) is 4.07. The zero-order valence-electron chi connectivity index (χ0n) is 10.9. The Bertz CT molecular complexity index is 588. The van der Waals surface area contributed by atoms with Crippen molar-refractivity contribution in [3.8, 4) is 11.1 Å². The molecule has 19 heavy (non-hydrogen) atoms. The molecule has 2 aromatic carbocycles. The molecular formula is C17H18FN. The highest BCUT2D eigenvalue weighted by Gasteiger charge is 2.19. The van der Waals surface area contributed by atoms with Crippen LogP contribution in [0, 0.1) is 5.82 Å². The van der Waals surface area contributed by atoms with E-state index in [2.05, 4.69) is 18.2 Å². The first-order valence-corrected chi connectivity index (χ1v) is 6.87. The summed E-state index contributed by atoms with van der Waals surface area (Å²) in [5, 5.41) is 0. The first-order chi connectivity index (χ1) is 9.28. The first kappa shape index (κ1) is 12.4. The van der Waals surface area contributed by atoms with Crippen LogP contribution in [0.4, 0.5) is 4.39 Å². The van der Waals surface area contributed by atoms with Gasteiger partial charge >= 0.3 is 0 Å². The summed E-state index contributed by atoms with van der Waals surface area (Å²) in [7, 11) is 0. The lowest BCUT2D eigenvalue weighted by atomic mass is 9.79. The molecule has 2 aromatic rings. The predicted molar refractivity (Wildman–Crippen MR) is 76.3 cm³/mol. The normalized spacial score (nSPS) is 15.3. The molecule has 3 rings (SSSR count). The van der Waals surface area contributed by atoms with Gasteiger partial charge in [-0.1, -0.05) is 42.8 Å². The maximum atomic E-state index is 13.8. The van der Waals surface area contributed by atoms with E-state index in [1.54, 1.807) is 12.1 Å². The first-order valence-electron chi connectivity index (χ1n) is 6.87. The number of benzene rings is 2. The van der Waals surface area contributed by atoms with Crippen molar-refractivity contribution in [1.82, 2.24) is 0 Å². The second-order valence-electron chi connectivity index (χ2n) is 5.26. The Kier molecular flexibility index (Phi) is 3.34. The fraction of sp³-hybridized carbons (Fsp3) is 0.294. The minimum absolute atomic E-state index is 0.214. The van der Waals surface area contributed by atoms with Crippen LogP contribution in [0.5, 0.6) is 0 Å². The van der Waals surface area contributed by atoms with Crippen molar-refractivity contribution < 1.29 is 4.39 Å². The Morgan fingerprint density at radius 2 is 1.84 bits per heavy atom. The second-order valence-corrected chi connectivity index (χ2v) is 5.26. The van der Waals surface area contributed by atoms with E-state index < -0.39 is 0 Å². The lowest BCUT2D eigenvalue weighted by Crippen LogP contribution is -2.08. The van der Waals surface area contributed by atoms with E-state index >= 15 is 0 Å². The fourth-order valence-corrected chi connectivity index (χ4v) is 2.61. The van der Waals surface area contributed by atoms with Crippen LogP contribution in [-0.2, 0) is 6.54 Å². The van der Waals surface area contributed by atoms with Crippen LogP contribution in [0.1, 0.15) is 36.3 Å². The van der Waals surface area contributed by atoms with Crippen LogP contribution in [0.15, 0.2) is 42.5 Å². The SMILES string of the molecule is NCc1ccc(-c2cccc(C3CCC3)c2)cc1F. The van der Waals surface area contributed by atoms with Crippen molar-refractivity contribution >= 4 is 0 Å². The van der Waals surface area contributed by atoms with E-state index in [0.29, 0.717) is 11.5 Å². The highest BCUT2D eigenvalue weighted by Crippen LogP contribution is 2.37. The Morgan fingerprint density at radius 3 is 2.47 bits per heavy atom. The molecule has 0 heterocycles. The van der Waals surface area contributed by atoms with E-state index in [1.807, 2.05) is 12.1 Å². The molecular weight excluding hydrogens is 237 g/mol. The smallest absolute Gasteiger partial charge is 0.128 e. The standard InChI is InChI=1S/C17H18FN/c18-17-10-15(7-8-16(17)11-19)14-6-2-5-13(9-14)12-3-1-4-12/h2,5-10,12H,1,3-4,11,19H2. The van der Waals surface area contributed by atoms with Gasteiger partial charge in [0.1, 0.15) is 5.82 Å². The quantitative estimate of drug-likeness (QED) is 0.873. The summed E-state index contributed by atoms with van der Waals surface area (Å²) in [6.45, 7) is 0.244. The van der Waals surface area contributed by atoms with Gasteiger partial charge in [0.25, 0.3) is 0 Å². The average molecular weight is 255 g/mol. The Labute approximate surface area is 113 Å². The summed E-state index contributed by atoms with van der Waals surface area (Å²) >= 11 is 0. The molecule has 2 N–H and O–H groups in total. The van der Waals surface area contributed by atoms with Gasteiger partial charge in [-0.25, -0.2) is 4.39 Å². The second kappa shape index (κ2) is 5.14. The summed E-state index contributed by atoms with van der Waals surface area (Å²) in [4.78, 5) is 0. The molecule has 1 fully saturated rings. The maximum Gasteiger partial charge on any atom is 0.128 e. The number of halogens is 1. The Balaban J connectivity index is 1.94. The van der Waals surface area contributed by atoms with Gasteiger partial charge in [-0.15, -0.1) is 0 Å². The van der Waals surface area contributed by atoms with Crippen LogP contribution in [0.25, 0.3) is 11.1 Å². The van der Waals surface area contributed by atoms with Gasteiger partial charge in [0.2, 0.25) is 0 Å². The molecule has 1 nitrogen and oxygen atoms in total. The van der Waals surface area contributed by atoms with E-state index in [-0.39, 0.29) is 12.4 Å². The van der Waals surface area contributed by atoms with Crippen LogP contribution < -0.4 is 5.73 Å². The molecule has 1 saturated carbocycles. The van der Waals surface area contributed by atoms with Gasteiger partial charge < -0.3 is 5.73 Å². The van der Waals surface area contributed by atoms with Crippen LogP contribution >= 0.6 is 0 Å². The van der Waals surface area contributed by atoms with Crippen molar-refractivity contribution in [2.45, 2.75) is 31.7 Å². The van der Waals surface area contributed by atoms with Gasteiger partial charge in [0.05, 0.1) is 0 Å². The molecule has 1 aliphatic rings. The molecule has 0 bridgehead atoms. The molecule has 2 heteroatoms. The van der Waals surface area contributed by atoms with E-state index in [1.165, 1.54) is 24.8 Å². The van der Waals surface area contributed by atoms with Crippen molar-refractivity contribution in [2.24, 2.45) is 5.73 Å². The van der Waals surface area contributed by atoms with Crippen molar-refractivity contribution in [1.29, 1.82) is 0 Å². The number of nitrogens with two attached hydrogens (primary N) is 1. The van der Waals surface area contributed by atoms with Crippen molar-refractivity contribution in [2.75, 3.05) is 0 Å². The maximum absolute atomic E-state index is 13.8. The summed E-state index contributed by atoms with van der Waals surface area (Å²) in [6, 6.07) is 13.8. The molecule has 0 spiro atoms. The topological polar surface area (TPSA) is 26.0 Å².